The topological polar surface area (TPSA) is 82.1 Å². The largest absolute Gasteiger partial charge is 0.460 e. The van der Waals surface area contributed by atoms with E-state index in [1.165, 1.54) is 0 Å². The SMILES string of the molecule is CC1=CC(C)=C(CN2CCc3c(C)c4c(c(C)c3C2=O)OC(C)(C23CCC(CC(=O)OC(C)(C)C)(CC2)CC3)O4)C(=O)C1. The van der Waals surface area contributed by atoms with Crippen molar-refractivity contribution in [3.8, 4) is 11.5 Å². The van der Waals surface area contributed by atoms with E-state index in [-0.39, 0.29) is 28.5 Å². The highest BCUT2D eigenvalue weighted by molar-refractivity contribution is 6.03. The lowest BCUT2D eigenvalue weighted by molar-refractivity contribution is -0.214. The first kappa shape index (κ1) is 30.0. The molecular weight excluding hydrogens is 542 g/mol. The van der Waals surface area contributed by atoms with Crippen molar-refractivity contribution in [2.24, 2.45) is 10.8 Å². The van der Waals surface area contributed by atoms with Gasteiger partial charge in [-0.15, -0.1) is 0 Å². The normalized spacial score (nSPS) is 30.0. The second-order valence-electron chi connectivity index (χ2n) is 15.2. The lowest BCUT2D eigenvalue weighted by Gasteiger charge is -2.57. The van der Waals surface area contributed by atoms with Gasteiger partial charge in [-0.05, 0) is 116 Å². The third-order valence-corrected chi connectivity index (χ3v) is 11.1. The number of nitrogens with zero attached hydrogens (tertiary/aromatic N) is 1. The Balaban J connectivity index is 1.23. The van der Waals surface area contributed by atoms with Crippen LogP contribution in [0.1, 0.15) is 120 Å². The standard InChI is InChI=1S/C36H47NO6/c1-21-17-22(2)26(27(38)18-21)20-37-16-9-25-23(3)30-31(24(4)29(25)32(37)40)43-34(8,42-30)36-13-10-35(11-14-36,12-15-36)19-28(39)41-33(5,6)7/h17H,9-16,18-20H2,1-8H3. The van der Waals surface area contributed by atoms with Crippen LogP contribution in [0.5, 0.6) is 11.5 Å². The Morgan fingerprint density at radius 1 is 0.953 bits per heavy atom. The molecule has 0 radical (unpaired) electrons. The van der Waals surface area contributed by atoms with E-state index in [9.17, 15) is 14.4 Å². The minimum atomic E-state index is -0.837. The van der Waals surface area contributed by atoms with Gasteiger partial charge in [0.15, 0.2) is 17.3 Å². The zero-order valence-corrected chi connectivity index (χ0v) is 27.3. The molecule has 2 aliphatic heterocycles. The van der Waals surface area contributed by atoms with E-state index in [0.29, 0.717) is 37.2 Å². The number of Topliss-reactive ketones (excluding diaryl/α,β-unsaturated/α-hetero) is 1. The van der Waals surface area contributed by atoms with Crippen molar-refractivity contribution in [1.82, 2.24) is 4.90 Å². The van der Waals surface area contributed by atoms with Crippen LogP contribution in [-0.4, -0.2) is 47.0 Å². The number of hydrogen-bond acceptors (Lipinski definition) is 6. The summed E-state index contributed by atoms with van der Waals surface area (Å²) in [6.45, 7) is 16.7. The maximum absolute atomic E-state index is 14.0. The van der Waals surface area contributed by atoms with Gasteiger partial charge in [-0.2, -0.15) is 0 Å². The maximum Gasteiger partial charge on any atom is 0.306 e. The molecule has 0 aromatic heterocycles. The van der Waals surface area contributed by atoms with Crippen LogP contribution in [-0.2, 0) is 20.7 Å². The van der Waals surface area contributed by atoms with Crippen LogP contribution >= 0.6 is 0 Å². The van der Waals surface area contributed by atoms with Crippen molar-refractivity contribution in [2.45, 2.75) is 125 Å². The van der Waals surface area contributed by atoms with Gasteiger partial charge < -0.3 is 19.1 Å². The van der Waals surface area contributed by atoms with E-state index in [1.807, 2.05) is 53.4 Å². The Hall–Kier alpha value is -3.09. The summed E-state index contributed by atoms with van der Waals surface area (Å²) in [5, 5.41) is 0. The second-order valence-corrected chi connectivity index (χ2v) is 15.2. The molecule has 1 amide bonds. The van der Waals surface area contributed by atoms with Gasteiger partial charge in [0.2, 0.25) is 0 Å². The summed E-state index contributed by atoms with van der Waals surface area (Å²) in [4.78, 5) is 41.4. The fourth-order valence-electron chi connectivity index (χ4n) is 8.52. The van der Waals surface area contributed by atoms with Gasteiger partial charge in [0.05, 0.1) is 6.42 Å². The molecule has 7 heteroatoms. The number of allylic oxidation sites excluding steroid dienone is 3. The average molecular weight is 590 g/mol. The quantitative estimate of drug-likeness (QED) is 0.341. The molecular formula is C36H47NO6. The summed E-state index contributed by atoms with van der Waals surface area (Å²) < 4.78 is 19.3. The van der Waals surface area contributed by atoms with Crippen LogP contribution in [0.3, 0.4) is 0 Å². The molecule has 0 spiro atoms. The van der Waals surface area contributed by atoms with Gasteiger partial charge in [0.1, 0.15) is 5.60 Å². The number of ether oxygens (including phenoxy) is 3. The molecule has 3 fully saturated rings. The fraction of sp³-hybridized carbons (Fsp3) is 0.639. The van der Waals surface area contributed by atoms with Gasteiger partial charge in [-0.3, -0.25) is 14.4 Å². The van der Waals surface area contributed by atoms with Gasteiger partial charge in [-0.25, -0.2) is 0 Å². The monoisotopic (exact) mass is 589 g/mol. The van der Waals surface area contributed by atoms with Crippen LogP contribution in [0, 0.1) is 24.7 Å². The van der Waals surface area contributed by atoms with Crippen molar-refractivity contribution in [3.05, 3.63) is 45.0 Å². The highest BCUT2D eigenvalue weighted by atomic mass is 16.7. The van der Waals surface area contributed by atoms with Crippen molar-refractivity contribution in [2.75, 3.05) is 13.1 Å². The highest BCUT2D eigenvalue weighted by Gasteiger charge is 2.62. The Morgan fingerprint density at radius 3 is 2.14 bits per heavy atom. The summed E-state index contributed by atoms with van der Waals surface area (Å²) in [6.07, 6.45) is 9.33. The summed E-state index contributed by atoms with van der Waals surface area (Å²) in [5.41, 5.74) is 5.66. The van der Waals surface area contributed by atoms with E-state index in [0.717, 1.165) is 84.1 Å². The van der Waals surface area contributed by atoms with E-state index in [4.69, 9.17) is 14.2 Å². The van der Waals surface area contributed by atoms with Crippen LogP contribution in [0.25, 0.3) is 0 Å². The van der Waals surface area contributed by atoms with E-state index in [2.05, 4.69) is 13.0 Å². The fourth-order valence-corrected chi connectivity index (χ4v) is 8.52. The van der Waals surface area contributed by atoms with Gasteiger partial charge in [0, 0.05) is 48.5 Å². The molecule has 3 saturated carbocycles. The van der Waals surface area contributed by atoms with Crippen LogP contribution < -0.4 is 9.47 Å². The van der Waals surface area contributed by atoms with Crippen LogP contribution in [0.2, 0.25) is 0 Å². The molecule has 232 valence electrons. The molecule has 0 N–H and O–H groups in total. The smallest absolute Gasteiger partial charge is 0.306 e. The van der Waals surface area contributed by atoms with Crippen molar-refractivity contribution in [1.29, 1.82) is 0 Å². The predicted molar refractivity (Wildman–Crippen MR) is 164 cm³/mol. The first-order valence-electron chi connectivity index (χ1n) is 16.0. The first-order valence-corrected chi connectivity index (χ1v) is 16.0. The van der Waals surface area contributed by atoms with Crippen molar-refractivity contribution in [3.63, 3.8) is 0 Å². The van der Waals surface area contributed by atoms with E-state index < -0.39 is 11.4 Å². The second kappa shape index (κ2) is 9.97. The third kappa shape index (κ3) is 4.91. The zero-order valence-electron chi connectivity index (χ0n) is 27.3. The van der Waals surface area contributed by atoms with E-state index >= 15 is 0 Å². The molecule has 1 unspecified atom stereocenters. The predicted octanol–water partition coefficient (Wildman–Crippen LogP) is 7.10. The minimum absolute atomic E-state index is 0.00526. The lowest BCUT2D eigenvalue weighted by atomic mass is 9.50. The third-order valence-electron chi connectivity index (χ3n) is 11.1. The Bertz CT molecular complexity index is 1470. The number of carbonyl (C=O) groups excluding carboxylic acids is 3. The number of hydrogen-bond donors (Lipinski definition) is 0. The van der Waals surface area contributed by atoms with Gasteiger partial charge in [0.25, 0.3) is 11.7 Å². The summed E-state index contributed by atoms with van der Waals surface area (Å²) >= 11 is 0. The number of benzene rings is 1. The molecule has 2 heterocycles. The molecule has 1 atom stereocenters. The summed E-state index contributed by atoms with van der Waals surface area (Å²) in [5.74, 6) is 0.586. The zero-order chi connectivity index (χ0) is 31.1. The van der Waals surface area contributed by atoms with Gasteiger partial charge in [-0.1, -0.05) is 11.6 Å². The Kier molecular flexibility index (Phi) is 6.94. The molecule has 43 heavy (non-hydrogen) atoms. The number of ketones is 1. The summed E-state index contributed by atoms with van der Waals surface area (Å²) in [6, 6.07) is 0. The number of rotatable bonds is 5. The molecule has 1 aromatic rings. The molecule has 2 bridgehead atoms. The first-order chi connectivity index (χ1) is 20.1. The Morgan fingerprint density at radius 2 is 1.56 bits per heavy atom. The summed E-state index contributed by atoms with van der Waals surface area (Å²) in [7, 11) is 0. The van der Waals surface area contributed by atoms with Crippen LogP contribution in [0.4, 0.5) is 0 Å². The average Bonchev–Trinajstić information content (AvgIpc) is 3.29. The maximum atomic E-state index is 14.0. The van der Waals surface area contributed by atoms with Crippen molar-refractivity contribution >= 4 is 17.7 Å². The number of fused-ring (bicyclic) bond motifs is 5. The lowest BCUT2D eigenvalue weighted by Crippen LogP contribution is -2.58. The molecule has 7 rings (SSSR count). The van der Waals surface area contributed by atoms with Crippen molar-refractivity contribution < 1.29 is 28.6 Å². The number of amides is 1. The molecule has 6 aliphatic rings. The Labute approximate surface area is 256 Å². The van der Waals surface area contributed by atoms with Crippen LogP contribution in [0.15, 0.2) is 22.8 Å². The number of carbonyl (C=O) groups is 3. The van der Waals surface area contributed by atoms with E-state index in [1.54, 1.807) is 0 Å². The number of esters is 1. The highest BCUT2D eigenvalue weighted by Crippen LogP contribution is 2.65. The molecule has 4 aliphatic carbocycles. The molecule has 7 nitrogen and oxygen atoms in total. The minimum Gasteiger partial charge on any atom is -0.460 e. The molecule has 0 saturated heterocycles. The van der Waals surface area contributed by atoms with Gasteiger partial charge >= 0.3 is 5.97 Å². The molecule has 1 aromatic carbocycles.